The lowest BCUT2D eigenvalue weighted by Gasteiger charge is -2.30. The average molecular weight is 428 g/mol. The lowest BCUT2D eigenvalue weighted by molar-refractivity contribution is -0.123. The molecule has 3 unspecified atom stereocenters. The monoisotopic (exact) mass is 427 g/mol. The van der Waals surface area contributed by atoms with Crippen LogP contribution >= 0.6 is 0 Å². The van der Waals surface area contributed by atoms with Gasteiger partial charge < -0.3 is 21.3 Å². The minimum atomic E-state index is -0.699. The minimum Gasteiger partial charge on any atom is -0.369 e. The number of primary amides is 1. The van der Waals surface area contributed by atoms with Crippen LogP contribution in [0.25, 0.3) is 0 Å². The molecule has 1 amide bonds. The van der Waals surface area contributed by atoms with Gasteiger partial charge in [0.1, 0.15) is 0 Å². The van der Waals surface area contributed by atoms with Crippen LogP contribution < -0.4 is 16.4 Å². The van der Waals surface area contributed by atoms with Gasteiger partial charge in [0.15, 0.2) is 5.96 Å². The summed E-state index contributed by atoms with van der Waals surface area (Å²) >= 11 is 0. The number of amides is 1. The van der Waals surface area contributed by atoms with Gasteiger partial charge in [-0.15, -0.1) is 0 Å². The van der Waals surface area contributed by atoms with Crippen LogP contribution in [0.4, 0.5) is 0 Å². The zero-order valence-electron chi connectivity index (χ0n) is 18.3. The first-order chi connectivity index (χ1) is 14.0. The van der Waals surface area contributed by atoms with Crippen LogP contribution in [0, 0.1) is 5.92 Å². The lowest BCUT2D eigenvalue weighted by Crippen LogP contribution is -2.46. The van der Waals surface area contributed by atoms with Crippen molar-refractivity contribution in [3.05, 3.63) is 0 Å². The van der Waals surface area contributed by atoms with Gasteiger partial charge in [-0.3, -0.25) is 14.0 Å². The topological polar surface area (TPSA) is 99.8 Å². The molecule has 2 rings (SSSR count). The van der Waals surface area contributed by atoms with Gasteiger partial charge in [-0.05, 0) is 71.5 Å². The highest BCUT2D eigenvalue weighted by molar-refractivity contribution is 7.85. The molecule has 4 N–H and O–H groups in total. The third-order valence-corrected chi connectivity index (χ3v) is 7.85. The predicted molar refractivity (Wildman–Crippen MR) is 121 cm³/mol. The number of nitrogens with zero attached hydrogens (tertiary/aromatic N) is 2. The van der Waals surface area contributed by atoms with Gasteiger partial charge in [0, 0.05) is 46.9 Å². The molecule has 0 aromatic carbocycles. The Balaban J connectivity index is 1.68. The van der Waals surface area contributed by atoms with E-state index in [1.807, 2.05) is 6.92 Å². The van der Waals surface area contributed by atoms with Crippen LogP contribution in [-0.4, -0.2) is 70.7 Å². The Bertz CT molecular complexity index is 549. The van der Waals surface area contributed by atoms with Gasteiger partial charge in [0.05, 0.1) is 0 Å². The summed E-state index contributed by atoms with van der Waals surface area (Å²) in [6.07, 6.45) is 8.29. The molecule has 1 saturated heterocycles. The molecule has 1 heterocycles. The van der Waals surface area contributed by atoms with Gasteiger partial charge >= 0.3 is 0 Å². The number of carbonyl (C=O) groups is 1. The van der Waals surface area contributed by atoms with Crippen LogP contribution in [0.3, 0.4) is 0 Å². The Morgan fingerprint density at radius 3 is 2.59 bits per heavy atom. The fraction of sp³-hybridized carbons (Fsp3) is 0.905. The maximum absolute atomic E-state index is 12.2. The number of hydrogen-bond donors (Lipinski definition) is 3. The molecule has 0 aromatic rings. The van der Waals surface area contributed by atoms with Crippen molar-refractivity contribution < 1.29 is 9.00 Å². The molecule has 2 fully saturated rings. The summed E-state index contributed by atoms with van der Waals surface area (Å²) < 4.78 is 12.2. The molecule has 8 heteroatoms. The molecule has 0 aromatic heterocycles. The number of rotatable bonds is 10. The molecule has 0 spiro atoms. The van der Waals surface area contributed by atoms with Crippen molar-refractivity contribution in [3.8, 4) is 0 Å². The molecule has 168 valence electrons. The number of hydrogen-bond acceptors (Lipinski definition) is 4. The molecular formula is C21H41N5O2S. The summed E-state index contributed by atoms with van der Waals surface area (Å²) in [7, 11) is -0.699. The van der Waals surface area contributed by atoms with Crippen LogP contribution in [0.2, 0.25) is 0 Å². The molecule has 3 atom stereocenters. The van der Waals surface area contributed by atoms with Crippen molar-refractivity contribution in [2.45, 2.75) is 76.5 Å². The van der Waals surface area contributed by atoms with E-state index in [0.717, 1.165) is 95.8 Å². The zero-order valence-corrected chi connectivity index (χ0v) is 19.1. The van der Waals surface area contributed by atoms with E-state index < -0.39 is 10.8 Å². The van der Waals surface area contributed by atoms with E-state index >= 15 is 0 Å². The SMILES string of the molecule is CCNC(=NCCCCN1CCC(C(N)=O)CC1)NC1CCCC(S(=O)CC)C1. The second kappa shape index (κ2) is 13.2. The summed E-state index contributed by atoms with van der Waals surface area (Å²) in [4.78, 5) is 18.4. The second-order valence-corrected chi connectivity index (χ2v) is 10.3. The van der Waals surface area contributed by atoms with Crippen molar-refractivity contribution in [2.24, 2.45) is 16.6 Å². The van der Waals surface area contributed by atoms with Crippen LogP contribution in [0.15, 0.2) is 4.99 Å². The maximum atomic E-state index is 12.2. The van der Waals surface area contributed by atoms with Crippen LogP contribution in [0.1, 0.15) is 65.2 Å². The summed E-state index contributed by atoms with van der Waals surface area (Å²) in [5.74, 6) is 1.57. The predicted octanol–water partition coefficient (Wildman–Crippen LogP) is 1.60. The number of guanidine groups is 1. The Labute approximate surface area is 179 Å². The molecule has 2 aliphatic rings. The Kier molecular flexibility index (Phi) is 11.0. The first kappa shape index (κ1) is 24.1. The summed E-state index contributed by atoms with van der Waals surface area (Å²) in [5, 5.41) is 7.25. The molecule has 0 radical (unpaired) electrons. The maximum Gasteiger partial charge on any atom is 0.220 e. The number of aliphatic imine (C=N–C) groups is 1. The largest absolute Gasteiger partial charge is 0.369 e. The van der Waals surface area contributed by atoms with Crippen molar-refractivity contribution in [3.63, 3.8) is 0 Å². The fourth-order valence-electron chi connectivity index (χ4n) is 4.34. The Morgan fingerprint density at radius 2 is 1.93 bits per heavy atom. The molecule has 1 saturated carbocycles. The van der Waals surface area contributed by atoms with E-state index in [9.17, 15) is 9.00 Å². The Morgan fingerprint density at radius 1 is 1.17 bits per heavy atom. The number of carbonyl (C=O) groups excluding carboxylic acids is 1. The Hall–Kier alpha value is -1.15. The van der Waals surface area contributed by atoms with Crippen molar-refractivity contribution in [2.75, 3.05) is 38.5 Å². The van der Waals surface area contributed by atoms with Gasteiger partial charge in [0.2, 0.25) is 5.91 Å². The normalized spacial score (nSPS) is 25.5. The third kappa shape index (κ3) is 8.62. The van der Waals surface area contributed by atoms with E-state index in [2.05, 4.69) is 22.5 Å². The van der Waals surface area contributed by atoms with Gasteiger partial charge in [-0.25, -0.2) is 0 Å². The number of nitrogens with one attached hydrogen (secondary N) is 2. The molecule has 29 heavy (non-hydrogen) atoms. The number of piperidine rings is 1. The average Bonchev–Trinajstić information content (AvgIpc) is 2.73. The van der Waals surface area contributed by atoms with Gasteiger partial charge in [-0.1, -0.05) is 13.3 Å². The first-order valence-electron chi connectivity index (χ1n) is 11.5. The standard InChI is InChI=1S/C21H41N5O2S/c1-3-23-21(25-18-8-7-9-19(16-18)29(28)4-2)24-12-5-6-13-26-14-10-17(11-15-26)20(22)27/h17-19H,3-16H2,1-2H3,(H2,22,27)(H2,23,24,25). The van der Waals surface area contributed by atoms with E-state index in [0.29, 0.717) is 11.3 Å². The van der Waals surface area contributed by atoms with E-state index in [1.54, 1.807) is 0 Å². The van der Waals surface area contributed by atoms with E-state index in [4.69, 9.17) is 10.7 Å². The minimum absolute atomic E-state index is 0.0683. The summed E-state index contributed by atoms with van der Waals surface area (Å²) in [5.41, 5.74) is 5.40. The van der Waals surface area contributed by atoms with Crippen molar-refractivity contribution in [1.29, 1.82) is 0 Å². The second-order valence-electron chi connectivity index (χ2n) is 8.29. The van der Waals surface area contributed by atoms with E-state index in [-0.39, 0.29) is 11.8 Å². The zero-order chi connectivity index (χ0) is 21.1. The highest BCUT2D eigenvalue weighted by atomic mass is 32.2. The molecule has 0 bridgehead atoms. The number of likely N-dealkylation sites (tertiary alicyclic amines) is 1. The van der Waals surface area contributed by atoms with Crippen molar-refractivity contribution in [1.82, 2.24) is 15.5 Å². The highest BCUT2D eigenvalue weighted by Crippen LogP contribution is 2.23. The van der Waals surface area contributed by atoms with E-state index in [1.165, 1.54) is 0 Å². The van der Waals surface area contributed by atoms with Crippen LogP contribution in [0.5, 0.6) is 0 Å². The molecule has 1 aliphatic heterocycles. The van der Waals surface area contributed by atoms with Gasteiger partial charge in [-0.2, -0.15) is 0 Å². The smallest absolute Gasteiger partial charge is 0.220 e. The van der Waals surface area contributed by atoms with Gasteiger partial charge in [0.25, 0.3) is 0 Å². The molecular weight excluding hydrogens is 386 g/mol. The molecule has 1 aliphatic carbocycles. The number of unbranched alkanes of at least 4 members (excludes halogenated alkanes) is 1. The summed E-state index contributed by atoms with van der Waals surface area (Å²) in [6, 6.07) is 0.369. The third-order valence-electron chi connectivity index (χ3n) is 6.11. The molecule has 7 nitrogen and oxygen atoms in total. The van der Waals surface area contributed by atoms with Crippen molar-refractivity contribution >= 4 is 22.7 Å². The van der Waals surface area contributed by atoms with Crippen LogP contribution in [-0.2, 0) is 15.6 Å². The quantitative estimate of drug-likeness (QED) is 0.279. The summed E-state index contributed by atoms with van der Waals surface area (Å²) in [6.45, 7) is 8.77. The highest BCUT2D eigenvalue weighted by Gasteiger charge is 2.26. The fourth-order valence-corrected chi connectivity index (χ4v) is 5.69. The number of nitrogens with two attached hydrogens (primary N) is 1. The lowest BCUT2D eigenvalue weighted by atomic mass is 9.95. The first-order valence-corrected chi connectivity index (χ1v) is 12.8.